The topological polar surface area (TPSA) is 29.3 Å². The number of hydrogen-bond donors (Lipinski definition) is 1. The molecule has 0 bridgehead atoms. The SMILES string of the molecule is CC(C)C1CCC(N2CC(CCN)c3ccccc32)CC1. The first-order chi connectivity index (χ1) is 10.2. The Morgan fingerprint density at radius 3 is 2.52 bits per heavy atom. The summed E-state index contributed by atoms with van der Waals surface area (Å²) >= 11 is 0. The zero-order chi connectivity index (χ0) is 14.8. The van der Waals surface area contributed by atoms with Gasteiger partial charge in [0.05, 0.1) is 0 Å². The molecule has 21 heavy (non-hydrogen) atoms. The minimum Gasteiger partial charge on any atom is -0.368 e. The summed E-state index contributed by atoms with van der Waals surface area (Å²) in [7, 11) is 0. The van der Waals surface area contributed by atoms with Crippen LogP contribution in [0, 0.1) is 11.8 Å². The highest BCUT2D eigenvalue weighted by Crippen LogP contribution is 2.42. The van der Waals surface area contributed by atoms with E-state index in [0.29, 0.717) is 5.92 Å². The van der Waals surface area contributed by atoms with Crippen LogP contribution in [0.25, 0.3) is 0 Å². The number of nitrogens with zero attached hydrogens (tertiary/aromatic N) is 1. The van der Waals surface area contributed by atoms with Gasteiger partial charge in [-0.1, -0.05) is 32.0 Å². The van der Waals surface area contributed by atoms with Gasteiger partial charge in [-0.3, -0.25) is 0 Å². The van der Waals surface area contributed by atoms with E-state index in [1.54, 1.807) is 0 Å². The van der Waals surface area contributed by atoms with Gasteiger partial charge >= 0.3 is 0 Å². The predicted octanol–water partition coefficient (Wildman–Crippen LogP) is 4.15. The third-order valence-electron chi connectivity index (χ3n) is 5.74. The first-order valence-corrected chi connectivity index (χ1v) is 8.76. The molecular weight excluding hydrogens is 256 g/mol. The van der Waals surface area contributed by atoms with Crippen molar-refractivity contribution >= 4 is 5.69 Å². The van der Waals surface area contributed by atoms with Crippen molar-refractivity contribution in [1.29, 1.82) is 0 Å². The summed E-state index contributed by atoms with van der Waals surface area (Å²) in [5, 5.41) is 0. The molecule has 1 heterocycles. The second-order valence-electron chi connectivity index (χ2n) is 7.30. The minimum atomic E-state index is 0.647. The van der Waals surface area contributed by atoms with Crippen molar-refractivity contribution < 1.29 is 0 Å². The van der Waals surface area contributed by atoms with Crippen LogP contribution < -0.4 is 10.6 Å². The smallest absolute Gasteiger partial charge is 0.0405 e. The zero-order valence-corrected chi connectivity index (χ0v) is 13.6. The largest absolute Gasteiger partial charge is 0.368 e. The number of para-hydroxylation sites is 1. The number of benzene rings is 1. The molecule has 1 aliphatic carbocycles. The molecule has 1 atom stereocenters. The Labute approximate surface area is 129 Å². The first-order valence-electron chi connectivity index (χ1n) is 8.76. The van der Waals surface area contributed by atoms with E-state index < -0.39 is 0 Å². The molecule has 2 N–H and O–H groups in total. The fraction of sp³-hybridized carbons (Fsp3) is 0.684. The number of hydrogen-bond acceptors (Lipinski definition) is 2. The Morgan fingerprint density at radius 1 is 1.14 bits per heavy atom. The Hall–Kier alpha value is -1.02. The second-order valence-corrected chi connectivity index (χ2v) is 7.30. The summed E-state index contributed by atoms with van der Waals surface area (Å²) in [4.78, 5) is 2.70. The molecule has 2 heteroatoms. The lowest BCUT2D eigenvalue weighted by atomic mass is 9.79. The Balaban J connectivity index is 1.72. The van der Waals surface area contributed by atoms with Crippen LogP contribution in [0.1, 0.15) is 57.4 Å². The van der Waals surface area contributed by atoms with Gasteiger partial charge in [-0.05, 0) is 62.1 Å². The van der Waals surface area contributed by atoms with E-state index in [1.807, 2.05) is 0 Å². The molecule has 0 saturated heterocycles. The van der Waals surface area contributed by atoms with Gasteiger partial charge in [-0.2, -0.15) is 0 Å². The van der Waals surface area contributed by atoms with E-state index in [4.69, 9.17) is 5.73 Å². The zero-order valence-electron chi connectivity index (χ0n) is 13.6. The average molecular weight is 286 g/mol. The molecule has 1 aromatic rings. The van der Waals surface area contributed by atoms with Crippen molar-refractivity contribution in [2.45, 2.75) is 57.9 Å². The quantitative estimate of drug-likeness (QED) is 0.900. The molecule has 0 spiro atoms. The van der Waals surface area contributed by atoms with Crippen LogP contribution in [0.4, 0.5) is 5.69 Å². The van der Waals surface area contributed by atoms with Crippen LogP contribution in [0.15, 0.2) is 24.3 Å². The highest BCUT2D eigenvalue weighted by Gasteiger charge is 2.34. The fourth-order valence-electron chi connectivity index (χ4n) is 4.40. The van der Waals surface area contributed by atoms with E-state index >= 15 is 0 Å². The predicted molar refractivity (Wildman–Crippen MR) is 90.8 cm³/mol. The van der Waals surface area contributed by atoms with Crippen LogP contribution in [0.5, 0.6) is 0 Å². The summed E-state index contributed by atoms with van der Waals surface area (Å²) in [6, 6.07) is 9.76. The third kappa shape index (κ3) is 2.96. The molecule has 2 nitrogen and oxygen atoms in total. The average Bonchev–Trinajstić information content (AvgIpc) is 2.87. The number of anilines is 1. The normalized spacial score (nSPS) is 29.0. The van der Waals surface area contributed by atoms with Crippen LogP contribution in [-0.2, 0) is 0 Å². The molecule has 1 aromatic carbocycles. The van der Waals surface area contributed by atoms with Crippen LogP contribution in [0.3, 0.4) is 0 Å². The molecular formula is C19H30N2. The van der Waals surface area contributed by atoms with Gasteiger partial charge in [0.1, 0.15) is 0 Å². The van der Waals surface area contributed by atoms with E-state index in [0.717, 1.165) is 30.8 Å². The maximum atomic E-state index is 5.82. The lowest BCUT2D eigenvalue weighted by molar-refractivity contribution is 0.253. The van der Waals surface area contributed by atoms with Crippen LogP contribution in [-0.4, -0.2) is 19.1 Å². The fourth-order valence-corrected chi connectivity index (χ4v) is 4.40. The van der Waals surface area contributed by atoms with Crippen molar-refractivity contribution in [2.24, 2.45) is 17.6 Å². The summed E-state index contributed by atoms with van der Waals surface area (Å²) < 4.78 is 0. The molecule has 1 unspecified atom stereocenters. The Bertz CT molecular complexity index is 460. The molecule has 1 fully saturated rings. The molecule has 1 aliphatic heterocycles. The van der Waals surface area contributed by atoms with Gasteiger partial charge in [-0.25, -0.2) is 0 Å². The molecule has 0 radical (unpaired) electrons. The Morgan fingerprint density at radius 2 is 1.86 bits per heavy atom. The highest BCUT2D eigenvalue weighted by molar-refractivity contribution is 5.61. The van der Waals surface area contributed by atoms with Crippen molar-refractivity contribution in [1.82, 2.24) is 0 Å². The molecule has 0 amide bonds. The van der Waals surface area contributed by atoms with Gasteiger partial charge in [0.2, 0.25) is 0 Å². The van der Waals surface area contributed by atoms with Crippen molar-refractivity contribution in [2.75, 3.05) is 18.0 Å². The van der Waals surface area contributed by atoms with Crippen LogP contribution in [0.2, 0.25) is 0 Å². The van der Waals surface area contributed by atoms with Gasteiger partial charge in [0.25, 0.3) is 0 Å². The van der Waals surface area contributed by atoms with E-state index in [-0.39, 0.29) is 0 Å². The second kappa shape index (κ2) is 6.39. The maximum absolute atomic E-state index is 5.82. The monoisotopic (exact) mass is 286 g/mol. The first kappa shape index (κ1) is 14.9. The van der Waals surface area contributed by atoms with Crippen LogP contribution >= 0.6 is 0 Å². The van der Waals surface area contributed by atoms with Crippen molar-refractivity contribution in [3.05, 3.63) is 29.8 Å². The summed E-state index contributed by atoms with van der Waals surface area (Å²) in [6.07, 6.45) is 6.67. The molecule has 116 valence electrons. The van der Waals surface area contributed by atoms with E-state index in [2.05, 4.69) is 43.0 Å². The number of nitrogens with two attached hydrogens (primary N) is 1. The molecule has 2 aliphatic rings. The van der Waals surface area contributed by atoms with E-state index in [1.165, 1.54) is 43.5 Å². The van der Waals surface area contributed by atoms with Crippen molar-refractivity contribution in [3.8, 4) is 0 Å². The standard InChI is InChI=1S/C19H30N2/c1-14(2)15-7-9-17(10-8-15)21-13-16(11-12-20)18-5-3-4-6-19(18)21/h3-6,14-17H,7-13,20H2,1-2H3. The van der Waals surface area contributed by atoms with Gasteiger partial charge in [0, 0.05) is 24.2 Å². The van der Waals surface area contributed by atoms with Gasteiger partial charge < -0.3 is 10.6 Å². The number of fused-ring (bicyclic) bond motifs is 1. The molecule has 3 rings (SSSR count). The minimum absolute atomic E-state index is 0.647. The van der Waals surface area contributed by atoms with Gasteiger partial charge in [-0.15, -0.1) is 0 Å². The van der Waals surface area contributed by atoms with Gasteiger partial charge in [0.15, 0.2) is 0 Å². The summed E-state index contributed by atoms with van der Waals surface area (Å²) in [6.45, 7) is 6.75. The summed E-state index contributed by atoms with van der Waals surface area (Å²) in [5.41, 5.74) is 8.85. The molecule has 1 saturated carbocycles. The maximum Gasteiger partial charge on any atom is 0.0405 e. The third-order valence-corrected chi connectivity index (χ3v) is 5.74. The summed E-state index contributed by atoms with van der Waals surface area (Å²) in [5.74, 6) is 2.44. The van der Waals surface area contributed by atoms with Crippen molar-refractivity contribution in [3.63, 3.8) is 0 Å². The Kier molecular flexibility index (Phi) is 4.54. The molecule has 0 aromatic heterocycles. The number of rotatable bonds is 4. The highest BCUT2D eigenvalue weighted by atomic mass is 15.2. The lowest BCUT2D eigenvalue weighted by Crippen LogP contribution is -2.38. The lowest BCUT2D eigenvalue weighted by Gasteiger charge is -2.37. The van der Waals surface area contributed by atoms with E-state index in [9.17, 15) is 0 Å².